The van der Waals surface area contributed by atoms with Crippen LogP contribution >= 0.6 is 11.6 Å². The number of hydrogen-bond donors (Lipinski definition) is 1. The second-order valence-corrected chi connectivity index (χ2v) is 5.75. The molecule has 6 heteroatoms. The Morgan fingerprint density at radius 3 is 2.87 bits per heavy atom. The first-order valence-electron chi connectivity index (χ1n) is 7.54. The quantitative estimate of drug-likeness (QED) is 0.935. The van der Waals surface area contributed by atoms with E-state index < -0.39 is 0 Å². The topological polar surface area (TPSA) is 54.5 Å². The minimum Gasteiger partial charge on any atom is -0.378 e. The Hall–Kier alpha value is -2.11. The number of pyridine rings is 1. The number of nitrogens with zero attached hydrogens (tertiary/aromatic N) is 2. The van der Waals surface area contributed by atoms with Crippen molar-refractivity contribution in [2.45, 2.75) is 6.54 Å². The Labute approximate surface area is 140 Å². The van der Waals surface area contributed by atoms with E-state index in [-0.39, 0.29) is 5.91 Å². The Bertz CT molecular complexity index is 687. The van der Waals surface area contributed by atoms with Crippen LogP contribution in [0, 0.1) is 0 Å². The highest BCUT2D eigenvalue weighted by Gasteiger charge is 2.13. The van der Waals surface area contributed by atoms with Gasteiger partial charge in [-0.2, -0.15) is 0 Å². The average molecular weight is 332 g/mol. The molecule has 2 heterocycles. The number of ether oxygens (including phenoxy) is 1. The lowest BCUT2D eigenvalue weighted by molar-refractivity contribution is 0.0951. The van der Waals surface area contributed by atoms with Gasteiger partial charge in [-0.05, 0) is 35.9 Å². The number of aromatic nitrogens is 1. The van der Waals surface area contributed by atoms with Crippen molar-refractivity contribution in [2.75, 3.05) is 31.2 Å². The smallest absolute Gasteiger partial charge is 0.251 e. The van der Waals surface area contributed by atoms with Crippen molar-refractivity contribution in [1.82, 2.24) is 10.3 Å². The SMILES string of the molecule is O=C(NCc1ccnc(N2CCOCC2)c1)c1cccc(Cl)c1. The first kappa shape index (κ1) is 15.8. The van der Waals surface area contributed by atoms with Crippen LogP contribution in [0.5, 0.6) is 0 Å². The summed E-state index contributed by atoms with van der Waals surface area (Å²) in [5, 5.41) is 3.46. The van der Waals surface area contributed by atoms with Gasteiger partial charge in [-0.25, -0.2) is 4.98 Å². The summed E-state index contributed by atoms with van der Waals surface area (Å²) in [5.74, 6) is 0.778. The van der Waals surface area contributed by atoms with Gasteiger partial charge in [0.1, 0.15) is 5.82 Å². The van der Waals surface area contributed by atoms with Gasteiger partial charge in [0.15, 0.2) is 0 Å². The third-order valence-electron chi connectivity index (χ3n) is 3.68. The summed E-state index contributed by atoms with van der Waals surface area (Å²) in [6, 6.07) is 10.8. The van der Waals surface area contributed by atoms with Gasteiger partial charge in [0.05, 0.1) is 13.2 Å². The van der Waals surface area contributed by atoms with Gasteiger partial charge in [-0.15, -0.1) is 0 Å². The Kier molecular flexibility index (Phi) is 5.10. The molecule has 0 aliphatic carbocycles. The highest BCUT2D eigenvalue weighted by atomic mass is 35.5. The van der Waals surface area contributed by atoms with Crippen LogP contribution in [0.3, 0.4) is 0 Å². The van der Waals surface area contributed by atoms with Gasteiger partial charge in [0.25, 0.3) is 5.91 Å². The highest BCUT2D eigenvalue weighted by molar-refractivity contribution is 6.30. The van der Waals surface area contributed by atoms with E-state index >= 15 is 0 Å². The van der Waals surface area contributed by atoms with Gasteiger partial charge in [0, 0.05) is 36.4 Å². The maximum Gasteiger partial charge on any atom is 0.251 e. The predicted molar refractivity (Wildman–Crippen MR) is 89.9 cm³/mol. The molecule has 5 nitrogen and oxygen atoms in total. The van der Waals surface area contributed by atoms with E-state index in [0.29, 0.717) is 17.1 Å². The van der Waals surface area contributed by atoms with Crippen LogP contribution in [0.4, 0.5) is 5.82 Å². The normalized spacial score (nSPS) is 14.6. The second kappa shape index (κ2) is 7.44. The zero-order valence-corrected chi connectivity index (χ0v) is 13.4. The average Bonchev–Trinajstić information content (AvgIpc) is 2.61. The summed E-state index contributed by atoms with van der Waals surface area (Å²) in [7, 11) is 0. The fourth-order valence-corrected chi connectivity index (χ4v) is 2.64. The van der Waals surface area contributed by atoms with Crippen LogP contribution in [-0.2, 0) is 11.3 Å². The molecule has 3 rings (SSSR count). The molecule has 1 aromatic carbocycles. The Balaban J connectivity index is 1.63. The lowest BCUT2D eigenvalue weighted by atomic mass is 10.2. The Morgan fingerprint density at radius 1 is 1.26 bits per heavy atom. The first-order valence-corrected chi connectivity index (χ1v) is 7.91. The van der Waals surface area contributed by atoms with Crippen molar-refractivity contribution < 1.29 is 9.53 Å². The number of nitrogens with one attached hydrogen (secondary N) is 1. The third kappa shape index (κ3) is 4.21. The molecule has 120 valence electrons. The molecule has 1 N–H and O–H groups in total. The third-order valence-corrected chi connectivity index (χ3v) is 3.92. The molecule has 0 radical (unpaired) electrons. The number of amides is 1. The summed E-state index contributed by atoms with van der Waals surface area (Å²) in [6.45, 7) is 3.57. The van der Waals surface area contributed by atoms with Crippen molar-refractivity contribution >= 4 is 23.3 Å². The first-order chi connectivity index (χ1) is 11.2. The van der Waals surface area contributed by atoms with Crippen LogP contribution in [0.2, 0.25) is 5.02 Å². The van der Waals surface area contributed by atoms with Gasteiger partial charge < -0.3 is 15.0 Å². The van der Waals surface area contributed by atoms with Gasteiger partial charge in [0.2, 0.25) is 0 Å². The Morgan fingerprint density at radius 2 is 2.09 bits per heavy atom. The van der Waals surface area contributed by atoms with Crippen LogP contribution < -0.4 is 10.2 Å². The van der Waals surface area contributed by atoms with Crippen LogP contribution in [0.1, 0.15) is 15.9 Å². The van der Waals surface area contributed by atoms with E-state index in [2.05, 4.69) is 15.2 Å². The summed E-state index contributed by atoms with van der Waals surface area (Å²) in [5.41, 5.74) is 1.57. The number of hydrogen-bond acceptors (Lipinski definition) is 4. The summed E-state index contributed by atoms with van der Waals surface area (Å²) in [4.78, 5) is 18.7. The lowest BCUT2D eigenvalue weighted by Gasteiger charge is -2.28. The predicted octanol–water partition coefficient (Wildman–Crippen LogP) is 2.50. The van der Waals surface area contributed by atoms with Crippen LogP contribution in [-0.4, -0.2) is 37.2 Å². The number of rotatable bonds is 4. The molecule has 1 fully saturated rings. The van der Waals surface area contributed by atoms with Crippen molar-refractivity contribution in [2.24, 2.45) is 0 Å². The molecular weight excluding hydrogens is 314 g/mol. The lowest BCUT2D eigenvalue weighted by Crippen LogP contribution is -2.36. The standard InChI is InChI=1S/C17H18ClN3O2/c18-15-3-1-2-14(11-15)17(22)20-12-13-4-5-19-16(10-13)21-6-8-23-9-7-21/h1-5,10-11H,6-9,12H2,(H,20,22). The van der Waals surface area contributed by atoms with E-state index in [0.717, 1.165) is 37.7 Å². The molecule has 1 aliphatic rings. The fourth-order valence-electron chi connectivity index (χ4n) is 2.45. The molecule has 1 aromatic heterocycles. The van der Waals surface area contributed by atoms with Crippen molar-refractivity contribution in [3.8, 4) is 0 Å². The molecule has 1 saturated heterocycles. The molecule has 1 aliphatic heterocycles. The van der Waals surface area contributed by atoms with E-state index in [9.17, 15) is 4.79 Å². The molecule has 1 amide bonds. The van der Waals surface area contributed by atoms with Gasteiger partial charge in [-0.1, -0.05) is 17.7 Å². The zero-order chi connectivity index (χ0) is 16.1. The van der Waals surface area contributed by atoms with E-state index in [1.54, 1.807) is 30.5 Å². The molecule has 23 heavy (non-hydrogen) atoms. The second-order valence-electron chi connectivity index (χ2n) is 5.31. The van der Waals surface area contributed by atoms with Crippen LogP contribution in [0.25, 0.3) is 0 Å². The molecule has 2 aromatic rings. The van der Waals surface area contributed by atoms with Crippen molar-refractivity contribution in [3.63, 3.8) is 0 Å². The van der Waals surface area contributed by atoms with E-state index in [4.69, 9.17) is 16.3 Å². The molecule has 0 spiro atoms. The molecule has 0 bridgehead atoms. The maximum atomic E-state index is 12.1. The fraction of sp³-hybridized carbons (Fsp3) is 0.294. The maximum absolute atomic E-state index is 12.1. The number of carbonyl (C=O) groups excluding carboxylic acids is 1. The molecule has 0 unspecified atom stereocenters. The van der Waals surface area contributed by atoms with Crippen molar-refractivity contribution in [3.05, 3.63) is 58.7 Å². The van der Waals surface area contributed by atoms with E-state index in [1.165, 1.54) is 0 Å². The number of anilines is 1. The van der Waals surface area contributed by atoms with Crippen molar-refractivity contribution in [1.29, 1.82) is 0 Å². The summed E-state index contributed by atoms with van der Waals surface area (Å²) < 4.78 is 5.35. The zero-order valence-electron chi connectivity index (χ0n) is 12.7. The number of benzene rings is 1. The molecule has 0 atom stereocenters. The van der Waals surface area contributed by atoms with E-state index in [1.807, 2.05) is 12.1 Å². The number of morpholine rings is 1. The highest BCUT2D eigenvalue weighted by Crippen LogP contribution is 2.15. The molecular formula is C17H18ClN3O2. The summed E-state index contributed by atoms with van der Waals surface area (Å²) >= 11 is 5.91. The molecule has 0 saturated carbocycles. The largest absolute Gasteiger partial charge is 0.378 e. The van der Waals surface area contributed by atoms with Gasteiger partial charge >= 0.3 is 0 Å². The monoisotopic (exact) mass is 331 g/mol. The number of halogens is 1. The minimum absolute atomic E-state index is 0.141. The number of carbonyl (C=O) groups is 1. The summed E-state index contributed by atoms with van der Waals surface area (Å²) in [6.07, 6.45) is 1.77. The minimum atomic E-state index is -0.141. The van der Waals surface area contributed by atoms with Crippen LogP contribution in [0.15, 0.2) is 42.6 Å². The van der Waals surface area contributed by atoms with Gasteiger partial charge in [-0.3, -0.25) is 4.79 Å².